The summed E-state index contributed by atoms with van der Waals surface area (Å²) in [5.41, 5.74) is 2.61. The van der Waals surface area contributed by atoms with Gasteiger partial charge in [-0.2, -0.15) is 0 Å². The van der Waals surface area contributed by atoms with E-state index in [9.17, 15) is 0 Å². The summed E-state index contributed by atoms with van der Waals surface area (Å²) < 4.78 is 0. The van der Waals surface area contributed by atoms with Crippen LogP contribution in [-0.2, 0) is 0 Å². The van der Waals surface area contributed by atoms with E-state index in [0.29, 0.717) is 0 Å². The smallest absolute Gasteiger partial charge is 0.0260 e. The summed E-state index contributed by atoms with van der Waals surface area (Å²) in [5.74, 6) is 0. The van der Waals surface area contributed by atoms with E-state index in [1.165, 1.54) is 11.1 Å². The zero-order chi connectivity index (χ0) is 10.8. The Labute approximate surface area is 88.0 Å². The van der Waals surface area contributed by atoms with Crippen molar-refractivity contribution in [2.75, 3.05) is 0 Å². The van der Waals surface area contributed by atoms with Crippen LogP contribution >= 0.6 is 0 Å². The molecule has 0 radical (unpaired) electrons. The lowest BCUT2D eigenvalue weighted by molar-refractivity contribution is 1.23. The Morgan fingerprint density at radius 2 is 1.71 bits per heavy atom. The predicted molar refractivity (Wildman–Crippen MR) is 66.4 cm³/mol. The predicted octanol–water partition coefficient (Wildman–Crippen LogP) is 4.61. The Morgan fingerprint density at radius 1 is 1.21 bits per heavy atom. The van der Waals surface area contributed by atoms with Gasteiger partial charge in [-0.1, -0.05) is 55.0 Å². The zero-order valence-corrected chi connectivity index (χ0v) is 9.46. The first-order valence-corrected chi connectivity index (χ1v) is 5.04. The van der Waals surface area contributed by atoms with E-state index in [0.717, 1.165) is 6.42 Å². The van der Waals surface area contributed by atoms with Crippen LogP contribution in [0.1, 0.15) is 31.4 Å². The van der Waals surface area contributed by atoms with Gasteiger partial charge < -0.3 is 0 Å². The third kappa shape index (κ3) is 6.24. The highest BCUT2D eigenvalue weighted by atomic mass is 13.9. The van der Waals surface area contributed by atoms with Crippen molar-refractivity contribution in [3.63, 3.8) is 0 Å². The first-order chi connectivity index (χ1) is 6.74. The summed E-state index contributed by atoms with van der Waals surface area (Å²) in [5, 5.41) is 0. The minimum absolute atomic E-state index is 1.11. The molecule has 0 aliphatic heterocycles. The maximum absolute atomic E-state index is 3.36. The highest BCUT2D eigenvalue weighted by molar-refractivity contribution is 5.49. The van der Waals surface area contributed by atoms with E-state index in [-0.39, 0.29) is 0 Å². The molecule has 0 heterocycles. The molecule has 1 aromatic carbocycles. The molecule has 0 nitrogen and oxygen atoms in total. The molecular formula is C14H20. The molecule has 0 spiro atoms. The van der Waals surface area contributed by atoms with Crippen molar-refractivity contribution < 1.29 is 0 Å². The largest absolute Gasteiger partial charge is 0.103 e. The number of hydrogen-bond donors (Lipinski definition) is 0. The normalized spacial score (nSPS) is 9.36. The quantitative estimate of drug-likeness (QED) is 0.594. The van der Waals surface area contributed by atoms with Crippen LogP contribution in [0, 0.1) is 6.92 Å². The lowest BCUT2D eigenvalue weighted by Crippen LogP contribution is -1.72. The van der Waals surface area contributed by atoms with Gasteiger partial charge in [0.1, 0.15) is 0 Å². The van der Waals surface area contributed by atoms with E-state index in [2.05, 4.69) is 56.8 Å². The summed E-state index contributed by atoms with van der Waals surface area (Å²) >= 11 is 0. The molecule has 0 bridgehead atoms. The SMILES string of the molecule is C=CC.CCC=Cc1ccc(C)cc1. The summed E-state index contributed by atoms with van der Waals surface area (Å²) in [4.78, 5) is 0. The fourth-order valence-electron chi connectivity index (χ4n) is 0.931. The Kier molecular flexibility index (Phi) is 7.53. The van der Waals surface area contributed by atoms with Crippen LogP contribution in [0.5, 0.6) is 0 Å². The first kappa shape index (κ1) is 12.7. The molecule has 0 aliphatic carbocycles. The van der Waals surface area contributed by atoms with Crippen LogP contribution in [0.2, 0.25) is 0 Å². The standard InChI is InChI=1S/C11H14.C3H6/c1-3-4-5-11-8-6-10(2)7-9-11;1-3-2/h4-9H,3H2,1-2H3;3H,1H2,2H3. The van der Waals surface area contributed by atoms with E-state index < -0.39 is 0 Å². The molecule has 0 amide bonds. The van der Waals surface area contributed by atoms with Gasteiger partial charge in [0.25, 0.3) is 0 Å². The highest BCUT2D eigenvalue weighted by Gasteiger charge is 1.84. The van der Waals surface area contributed by atoms with Crippen LogP contribution in [0.3, 0.4) is 0 Å². The molecule has 0 unspecified atom stereocenters. The van der Waals surface area contributed by atoms with Crippen molar-refractivity contribution in [3.05, 3.63) is 54.1 Å². The number of allylic oxidation sites excluding steroid dienone is 2. The van der Waals surface area contributed by atoms with Crippen LogP contribution in [0.15, 0.2) is 43.0 Å². The minimum atomic E-state index is 1.11. The summed E-state index contributed by atoms with van der Waals surface area (Å²) in [6.45, 7) is 9.50. The number of benzene rings is 1. The molecule has 1 aromatic rings. The van der Waals surface area contributed by atoms with Crippen molar-refractivity contribution in [1.82, 2.24) is 0 Å². The number of rotatable bonds is 2. The lowest BCUT2D eigenvalue weighted by atomic mass is 10.1. The van der Waals surface area contributed by atoms with Gasteiger partial charge in [0.15, 0.2) is 0 Å². The third-order valence-electron chi connectivity index (χ3n) is 1.62. The Balaban J connectivity index is 0.000000500. The van der Waals surface area contributed by atoms with Crippen molar-refractivity contribution in [3.8, 4) is 0 Å². The second-order valence-electron chi connectivity index (χ2n) is 3.13. The van der Waals surface area contributed by atoms with Crippen molar-refractivity contribution in [2.24, 2.45) is 0 Å². The molecule has 0 saturated heterocycles. The fourth-order valence-corrected chi connectivity index (χ4v) is 0.931. The van der Waals surface area contributed by atoms with E-state index in [1.807, 2.05) is 6.92 Å². The van der Waals surface area contributed by atoms with Crippen molar-refractivity contribution in [2.45, 2.75) is 27.2 Å². The molecule has 0 fully saturated rings. The van der Waals surface area contributed by atoms with Crippen LogP contribution in [0.4, 0.5) is 0 Å². The highest BCUT2D eigenvalue weighted by Crippen LogP contribution is 2.04. The molecule has 1 rings (SSSR count). The Morgan fingerprint density at radius 3 is 2.14 bits per heavy atom. The van der Waals surface area contributed by atoms with Gasteiger partial charge in [-0.15, -0.1) is 6.58 Å². The first-order valence-electron chi connectivity index (χ1n) is 5.04. The number of aryl methyl sites for hydroxylation is 1. The molecule has 0 atom stereocenters. The Hall–Kier alpha value is -1.30. The average molecular weight is 188 g/mol. The van der Waals surface area contributed by atoms with Gasteiger partial charge in [-0.3, -0.25) is 0 Å². The van der Waals surface area contributed by atoms with E-state index in [1.54, 1.807) is 6.08 Å². The monoisotopic (exact) mass is 188 g/mol. The molecule has 0 heteroatoms. The van der Waals surface area contributed by atoms with Crippen molar-refractivity contribution in [1.29, 1.82) is 0 Å². The van der Waals surface area contributed by atoms with Crippen LogP contribution in [-0.4, -0.2) is 0 Å². The number of hydrogen-bond acceptors (Lipinski definition) is 0. The molecule has 0 N–H and O–H groups in total. The van der Waals surface area contributed by atoms with Crippen LogP contribution < -0.4 is 0 Å². The average Bonchev–Trinajstić information content (AvgIpc) is 2.18. The van der Waals surface area contributed by atoms with Gasteiger partial charge in [0.05, 0.1) is 0 Å². The van der Waals surface area contributed by atoms with Gasteiger partial charge in [-0.05, 0) is 25.8 Å². The summed E-state index contributed by atoms with van der Waals surface area (Å²) in [6, 6.07) is 8.55. The van der Waals surface area contributed by atoms with E-state index >= 15 is 0 Å². The molecule has 0 aromatic heterocycles. The maximum atomic E-state index is 3.36. The molecular weight excluding hydrogens is 168 g/mol. The van der Waals surface area contributed by atoms with Gasteiger partial charge in [0, 0.05) is 0 Å². The fraction of sp³-hybridized carbons (Fsp3) is 0.286. The third-order valence-corrected chi connectivity index (χ3v) is 1.62. The topological polar surface area (TPSA) is 0 Å². The maximum Gasteiger partial charge on any atom is -0.0260 e. The van der Waals surface area contributed by atoms with Gasteiger partial charge in [-0.25, -0.2) is 0 Å². The van der Waals surface area contributed by atoms with Gasteiger partial charge in [0.2, 0.25) is 0 Å². The molecule has 14 heavy (non-hydrogen) atoms. The summed E-state index contributed by atoms with van der Waals surface area (Å²) in [6.07, 6.45) is 7.18. The Bertz CT molecular complexity index is 265. The summed E-state index contributed by atoms with van der Waals surface area (Å²) in [7, 11) is 0. The second kappa shape index (κ2) is 8.31. The lowest BCUT2D eigenvalue weighted by Gasteiger charge is -1.93. The van der Waals surface area contributed by atoms with Gasteiger partial charge >= 0.3 is 0 Å². The minimum Gasteiger partial charge on any atom is -0.103 e. The molecule has 0 aliphatic rings. The molecule has 76 valence electrons. The van der Waals surface area contributed by atoms with Crippen LogP contribution in [0.25, 0.3) is 6.08 Å². The second-order valence-corrected chi connectivity index (χ2v) is 3.13. The van der Waals surface area contributed by atoms with Crippen molar-refractivity contribution >= 4 is 6.08 Å². The zero-order valence-electron chi connectivity index (χ0n) is 9.46. The van der Waals surface area contributed by atoms with E-state index in [4.69, 9.17) is 0 Å². The molecule has 0 saturated carbocycles.